The lowest BCUT2D eigenvalue weighted by molar-refractivity contribution is -0.123. The topological polar surface area (TPSA) is 126 Å². The number of carbonyl (C=O) groups excluding carboxylic acids is 3. The summed E-state index contributed by atoms with van der Waals surface area (Å²) in [7, 11) is 4.46. The molecule has 41 heavy (non-hydrogen) atoms. The van der Waals surface area contributed by atoms with E-state index in [0.29, 0.717) is 40.8 Å². The van der Waals surface area contributed by atoms with E-state index in [4.69, 9.17) is 0 Å². The van der Waals surface area contributed by atoms with Gasteiger partial charge in [-0.15, -0.1) is 0 Å². The Morgan fingerprint density at radius 2 is 2.00 bits per heavy atom. The highest BCUT2D eigenvalue weighted by atomic mass is 19.1. The van der Waals surface area contributed by atoms with Gasteiger partial charge in [-0.2, -0.15) is 0 Å². The highest BCUT2D eigenvalue weighted by Gasteiger charge is 2.22. The molecule has 3 heterocycles. The van der Waals surface area contributed by atoms with Crippen LogP contribution in [0.4, 0.5) is 9.18 Å². The highest BCUT2D eigenvalue weighted by molar-refractivity contribution is 5.89. The summed E-state index contributed by atoms with van der Waals surface area (Å²) in [5.41, 5.74) is 2.74. The first-order valence-electron chi connectivity index (χ1n) is 13.5. The van der Waals surface area contributed by atoms with Crippen LogP contribution in [0.15, 0.2) is 41.3 Å². The number of ether oxygens (including phenoxy) is 1. The molecule has 0 aliphatic rings. The van der Waals surface area contributed by atoms with E-state index in [1.807, 2.05) is 13.8 Å². The molecule has 3 rings (SSSR count). The number of likely N-dealkylation sites (N-methyl/N-ethyl adjacent to an activating group) is 1. The lowest BCUT2D eigenvalue weighted by Crippen LogP contribution is -2.42. The number of amides is 2. The summed E-state index contributed by atoms with van der Waals surface area (Å²) in [4.78, 5) is 59.1. The predicted molar refractivity (Wildman–Crippen MR) is 154 cm³/mol. The van der Waals surface area contributed by atoms with Crippen molar-refractivity contribution >= 4 is 28.8 Å². The number of allylic oxidation sites excluding steroid dienone is 1. The number of hydrogen-bond donors (Lipinski definition) is 2. The first-order valence-corrected chi connectivity index (χ1v) is 13.5. The Kier molecular flexibility index (Phi) is 10.6. The van der Waals surface area contributed by atoms with Crippen LogP contribution in [0, 0.1) is 18.7 Å². The maximum Gasteiger partial charge on any atom is 0.407 e. The summed E-state index contributed by atoms with van der Waals surface area (Å²) in [5, 5.41) is 2.52. The Hall–Kier alpha value is -4.28. The van der Waals surface area contributed by atoms with Gasteiger partial charge in [0.2, 0.25) is 5.91 Å². The number of ketones is 1. The van der Waals surface area contributed by atoms with Crippen molar-refractivity contribution in [2.45, 2.75) is 59.0 Å². The molecule has 0 unspecified atom stereocenters. The molecule has 0 bridgehead atoms. The molecule has 1 atom stereocenters. The lowest BCUT2D eigenvalue weighted by atomic mass is 10.0. The number of nitrogens with zero attached hydrogens (tertiary/aromatic N) is 3. The molecular weight excluding hydrogens is 529 g/mol. The largest absolute Gasteiger partial charge is 0.453 e. The zero-order valence-corrected chi connectivity index (χ0v) is 24.4. The van der Waals surface area contributed by atoms with Gasteiger partial charge < -0.3 is 24.5 Å². The van der Waals surface area contributed by atoms with Crippen molar-refractivity contribution in [2.24, 2.45) is 5.92 Å². The van der Waals surface area contributed by atoms with Crippen molar-refractivity contribution < 1.29 is 23.5 Å². The van der Waals surface area contributed by atoms with Gasteiger partial charge in [0.15, 0.2) is 5.78 Å². The average Bonchev–Trinajstić information content (AvgIpc) is 3.31. The molecule has 0 aromatic carbocycles. The van der Waals surface area contributed by atoms with Crippen molar-refractivity contribution in [1.29, 1.82) is 0 Å². The molecule has 0 saturated carbocycles. The number of halogens is 1. The van der Waals surface area contributed by atoms with Gasteiger partial charge in [-0.25, -0.2) is 14.2 Å². The summed E-state index contributed by atoms with van der Waals surface area (Å²) < 4.78 is 21.0. The van der Waals surface area contributed by atoms with Crippen LogP contribution in [0.5, 0.6) is 0 Å². The minimum Gasteiger partial charge on any atom is -0.453 e. The number of fused-ring (bicyclic) bond motifs is 1. The molecule has 0 spiro atoms. The number of Topliss-reactive ketones (excluding diaryl/α,β-unsaturated/α-hetero) is 1. The zero-order valence-electron chi connectivity index (χ0n) is 24.4. The molecule has 11 heteroatoms. The molecule has 0 aliphatic carbocycles. The van der Waals surface area contributed by atoms with Crippen LogP contribution in [0.2, 0.25) is 0 Å². The van der Waals surface area contributed by atoms with Crippen molar-refractivity contribution in [3.05, 3.63) is 75.2 Å². The molecule has 0 fully saturated rings. The van der Waals surface area contributed by atoms with Crippen LogP contribution in [0.1, 0.15) is 49.2 Å². The van der Waals surface area contributed by atoms with Gasteiger partial charge in [-0.3, -0.25) is 14.4 Å². The van der Waals surface area contributed by atoms with Crippen molar-refractivity contribution in [2.75, 3.05) is 21.2 Å². The van der Waals surface area contributed by atoms with E-state index in [1.165, 1.54) is 22.7 Å². The van der Waals surface area contributed by atoms with Gasteiger partial charge in [-0.05, 0) is 50.3 Å². The third kappa shape index (κ3) is 8.12. The molecule has 3 aromatic rings. The number of aryl methyl sites for hydroxylation is 1. The van der Waals surface area contributed by atoms with E-state index in [1.54, 1.807) is 51.5 Å². The third-order valence-corrected chi connectivity index (χ3v) is 6.63. The van der Waals surface area contributed by atoms with E-state index in [-0.39, 0.29) is 53.9 Å². The number of pyridine rings is 2. The lowest BCUT2D eigenvalue weighted by Gasteiger charge is -2.16. The van der Waals surface area contributed by atoms with Gasteiger partial charge in [0, 0.05) is 43.5 Å². The molecule has 220 valence electrons. The van der Waals surface area contributed by atoms with Gasteiger partial charge in [0.05, 0.1) is 36.4 Å². The van der Waals surface area contributed by atoms with Crippen LogP contribution in [0.25, 0.3) is 11.0 Å². The Morgan fingerprint density at radius 1 is 1.27 bits per heavy atom. The third-order valence-electron chi connectivity index (χ3n) is 6.63. The second-order valence-electron chi connectivity index (χ2n) is 10.7. The minimum atomic E-state index is -0.910. The first-order chi connectivity index (χ1) is 19.4. The highest BCUT2D eigenvalue weighted by Crippen LogP contribution is 2.25. The molecular formula is C30H38FN5O5. The summed E-state index contributed by atoms with van der Waals surface area (Å²) in [6, 6.07) is 4.15. The van der Waals surface area contributed by atoms with E-state index in [2.05, 4.69) is 20.0 Å². The van der Waals surface area contributed by atoms with E-state index < -0.39 is 12.1 Å². The SMILES string of the molecule is COC(=O)N[C@@H](CC/C=C/C(=O)N(C)C)C(=O)Cc1cccn(Cc2cc3nc(C)c(F)c(CC(C)C)c3[nH]2)c1=O. The summed E-state index contributed by atoms with van der Waals surface area (Å²) in [6.07, 6.45) is 4.81. The summed E-state index contributed by atoms with van der Waals surface area (Å²) in [6.45, 7) is 5.85. The van der Waals surface area contributed by atoms with Crippen molar-refractivity contribution in [3.63, 3.8) is 0 Å². The number of nitrogens with one attached hydrogen (secondary N) is 2. The number of H-pyrrole nitrogens is 1. The first kappa shape index (κ1) is 31.3. The van der Waals surface area contributed by atoms with Crippen molar-refractivity contribution in [3.8, 4) is 0 Å². The van der Waals surface area contributed by atoms with E-state index in [0.717, 1.165) is 0 Å². The number of aromatic amines is 1. The number of methoxy groups -OCH3 is 1. The van der Waals surface area contributed by atoms with E-state index >= 15 is 0 Å². The van der Waals surface area contributed by atoms with Gasteiger partial charge in [0.1, 0.15) is 5.82 Å². The molecule has 0 saturated heterocycles. The van der Waals surface area contributed by atoms with Crippen molar-refractivity contribution in [1.82, 2.24) is 24.8 Å². The Bertz CT molecular complexity index is 1500. The molecule has 2 N–H and O–H groups in total. The smallest absolute Gasteiger partial charge is 0.407 e. The number of rotatable bonds is 12. The average molecular weight is 568 g/mol. The van der Waals surface area contributed by atoms with Crippen LogP contribution in [-0.4, -0.2) is 64.5 Å². The predicted octanol–water partition coefficient (Wildman–Crippen LogP) is 3.68. The fourth-order valence-electron chi connectivity index (χ4n) is 4.51. The van der Waals surface area contributed by atoms with Crippen LogP contribution in [0.3, 0.4) is 0 Å². The zero-order chi connectivity index (χ0) is 30.3. The van der Waals surface area contributed by atoms with Gasteiger partial charge >= 0.3 is 6.09 Å². The normalized spacial score (nSPS) is 12.2. The molecule has 0 radical (unpaired) electrons. The molecule has 2 amide bonds. The minimum absolute atomic E-state index is 0.174. The number of hydrogen-bond acceptors (Lipinski definition) is 6. The molecule has 0 aliphatic heterocycles. The number of alkyl carbamates (subject to hydrolysis) is 1. The fourth-order valence-corrected chi connectivity index (χ4v) is 4.51. The number of aromatic nitrogens is 3. The van der Waals surface area contributed by atoms with Crippen LogP contribution < -0.4 is 10.9 Å². The second-order valence-corrected chi connectivity index (χ2v) is 10.7. The number of carbonyl (C=O) groups is 3. The summed E-state index contributed by atoms with van der Waals surface area (Å²) >= 11 is 0. The Morgan fingerprint density at radius 3 is 2.66 bits per heavy atom. The second kappa shape index (κ2) is 13.9. The molecule has 3 aromatic heterocycles. The standard InChI is InChI=1S/C30H38FN5O5/c1-18(2)14-22-27(31)19(3)32-24-16-21(33-28(22)24)17-36-13-9-10-20(29(36)39)15-25(37)23(34-30(40)41-6)11-7-8-12-26(38)35(4)5/h8-10,12-13,16,18,23,33H,7,11,14-15,17H2,1-6H3,(H,34,40)/b12-8+/t23-/m0/s1. The Balaban J connectivity index is 1.80. The Labute approximate surface area is 238 Å². The molecule has 10 nitrogen and oxygen atoms in total. The maximum atomic E-state index is 14.9. The fraction of sp³-hybridized carbons (Fsp3) is 0.433. The monoisotopic (exact) mass is 567 g/mol. The van der Waals surface area contributed by atoms with Gasteiger partial charge in [-0.1, -0.05) is 26.0 Å². The van der Waals surface area contributed by atoms with Gasteiger partial charge in [0.25, 0.3) is 5.56 Å². The maximum absolute atomic E-state index is 14.9. The van der Waals surface area contributed by atoms with E-state index in [9.17, 15) is 23.6 Å². The summed E-state index contributed by atoms with van der Waals surface area (Å²) in [5.74, 6) is -0.642. The van der Waals surface area contributed by atoms with Crippen LogP contribution in [-0.2, 0) is 33.7 Å². The quantitative estimate of drug-likeness (QED) is 0.322. The van der Waals surface area contributed by atoms with Crippen LogP contribution >= 0.6 is 0 Å².